The normalized spacial score (nSPS) is 10.7. The molecule has 0 saturated heterocycles. The molecule has 0 aromatic heterocycles. The van der Waals surface area contributed by atoms with Gasteiger partial charge in [0.25, 0.3) is 5.91 Å². The van der Waals surface area contributed by atoms with Gasteiger partial charge in [0.1, 0.15) is 6.61 Å². The predicted octanol–water partition coefficient (Wildman–Crippen LogP) is 4.38. The summed E-state index contributed by atoms with van der Waals surface area (Å²) in [5, 5.41) is 4.01. The van der Waals surface area contributed by atoms with Gasteiger partial charge in [-0.05, 0) is 63.5 Å². The number of carbonyl (C=O) groups excluding carboxylic acids is 1. The van der Waals surface area contributed by atoms with Crippen molar-refractivity contribution in [3.05, 3.63) is 87.9 Å². The summed E-state index contributed by atoms with van der Waals surface area (Å²) in [6.45, 7) is 0.418. The topological polar surface area (TPSA) is 85.9 Å². The zero-order valence-corrected chi connectivity index (χ0v) is 17.3. The molecule has 0 unspecified atom stereocenters. The van der Waals surface area contributed by atoms with Gasteiger partial charge in [-0.1, -0.05) is 30.3 Å². The summed E-state index contributed by atoms with van der Waals surface area (Å²) in [7, 11) is 1.57. The molecule has 3 aromatic carbocycles. The molecule has 3 rings (SSSR count). The minimum atomic E-state index is -0.324. The SMILES string of the molecule is COc1cc(/C=N\NC(=O)c2ccc(N)cc2)cc(Br)c1OCc1ccccc1. The van der Waals surface area contributed by atoms with Crippen LogP contribution in [-0.2, 0) is 6.61 Å². The number of anilines is 1. The Labute approximate surface area is 177 Å². The first kappa shape index (κ1) is 20.4. The van der Waals surface area contributed by atoms with E-state index in [1.807, 2.05) is 36.4 Å². The molecular weight excluding hydrogens is 434 g/mol. The van der Waals surface area contributed by atoms with Crippen LogP contribution in [0.15, 0.2) is 76.3 Å². The molecule has 0 heterocycles. The molecule has 6 nitrogen and oxygen atoms in total. The molecule has 148 valence electrons. The maximum absolute atomic E-state index is 12.1. The van der Waals surface area contributed by atoms with E-state index in [9.17, 15) is 4.79 Å². The highest BCUT2D eigenvalue weighted by molar-refractivity contribution is 9.10. The van der Waals surface area contributed by atoms with Gasteiger partial charge in [-0.25, -0.2) is 5.43 Å². The van der Waals surface area contributed by atoms with Crippen LogP contribution in [0.1, 0.15) is 21.5 Å². The molecule has 3 N–H and O–H groups in total. The molecule has 0 aliphatic rings. The van der Waals surface area contributed by atoms with E-state index in [2.05, 4.69) is 26.5 Å². The molecule has 0 atom stereocenters. The molecule has 0 saturated carbocycles. The lowest BCUT2D eigenvalue weighted by atomic mass is 10.2. The third-order valence-electron chi connectivity index (χ3n) is 4.03. The van der Waals surface area contributed by atoms with Crippen LogP contribution in [-0.4, -0.2) is 19.2 Å². The van der Waals surface area contributed by atoms with Gasteiger partial charge < -0.3 is 15.2 Å². The molecule has 7 heteroatoms. The van der Waals surface area contributed by atoms with E-state index < -0.39 is 0 Å². The van der Waals surface area contributed by atoms with E-state index in [0.717, 1.165) is 15.6 Å². The average molecular weight is 454 g/mol. The highest BCUT2D eigenvalue weighted by Crippen LogP contribution is 2.36. The summed E-state index contributed by atoms with van der Waals surface area (Å²) in [5.74, 6) is 0.830. The highest BCUT2D eigenvalue weighted by atomic mass is 79.9. The number of hydrazone groups is 1. The molecule has 1 amide bonds. The van der Waals surface area contributed by atoms with E-state index in [1.54, 1.807) is 37.4 Å². The number of rotatable bonds is 7. The van der Waals surface area contributed by atoms with Crippen LogP contribution < -0.4 is 20.6 Å². The lowest BCUT2D eigenvalue weighted by Gasteiger charge is -2.13. The molecule has 29 heavy (non-hydrogen) atoms. The van der Waals surface area contributed by atoms with Crippen molar-refractivity contribution >= 4 is 33.7 Å². The van der Waals surface area contributed by atoms with Crippen molar-refractivity contribution in [2.24, 2.45) is 5.10 Å². The minimum Gasteiger partial charge on any atom is -0.493 e. The van der Waals surface area contributed by atoms with Gasteiger partial charge in [0.05, 0.1) is 17.8 Å². The smallest absolute Gasteiger partial charge is 0.271 e. The zero-order chi connectivity index (χ0) is 20.6. The number of benzene rings is 3. The number of nitrogens with one attached hydrogen (secondary N) is 1. The number of hydrogen-bond acceptors (Lipinski definition) is 5. The molecule has 3 aromatic rings. The summed E-state index contributed by atoms with van der Waals surface area (Å²) in [5.41, 5.74) is 11.0. The number of amides is 1. The van der Waals surface area contributed by atoms with E-state index in [0.29, 0.717) is 29.4 Å². The molecule has 0 spiro atoms. The number of methoxy groups -OCH3 is 1. The van der Waals surface area contributed by atoms with Crippen molar-refractivity contribution < 1.29 is 14.3 Å². The molecule has 0 bridgehead atoms. The quantitative estimate of drug-likeness (QED) is 0.315. The van der Waals surface area contributed by atoms with Crippen LogP contribution in [0.2, 0.25) is 0 Å². The first-order valence-electron chi connectivity index (χ1n) is 8.80. The van der Waals surface area contributed by atoms with Gasteiger partial charge in [0, 0.05) is 11.3 Å². The fraction of sp³-hybridized carbons (Fsp3) is 0.0909. The number of hydrogen-bond donors (Lipinski definition) is 2. The Balaban J connectivity index is 1.68. The summed E-state index contributed by atoms with van der Waals surface area (Å²) in [6, 6.07) is 20.1. The predicted molar refractivity (Wildman–Crippen MR) is 117 cm³/mol. The van der Waals surface area contributed by atoms with Gasteiger partial charge in [-0.3, -0.25) is 4.79 Å². The number of nitrogens with zero attached hydrogens (tertiary/aromatic N) is 1. The Morgan fingerprint density at radius 1 is 1.14 bits per heavy atom. The lowest BCUT2D eigenvalue weighted by Crippen LogP contribution is -2.17. The van der Waals surface area contributed by atoms with Crippen molar-refractivity contribution in [3.8, 4) is 11.5 Å². The van der Waals surface area contributed by atoms with Crippen molar-refractivity contribution in [2.45, 2.75) is 6.61 Å². The molecule has 0 fully saturated rings. The van der Waals surface area contributed by atoms with Crippen LogP contribution in [0.4, 0.5) is 5.69 Å². The second-order valence-electron chi connectivity index (χ2n) is 6.13. The fourth-order valence-electron chi connectivity index (χ4n) is 2.55. The maximum Gasteiger partial charge on any atom is 0.271 e. The van der Waals surface area contributed by atoms with Crippen molar-refractivity contribution in [3.63, 3.8) is 0 Å². The minimum absolute atomic E-state index is 0.324. The number of nitrogen functional groups attached to an aromatic ring is 1. The maximum atomic E-state index is 12.1. The van der Waals surface area contributed by atoms with E-state index in [1.165, 1.54) is 6.21 Å². The third kappa shape index (κ3) is 5.58. The van der Waals surface area contributed by atoms with Crippen LogP contribution in [0, 0.1) is 0 Å². The monoisotopic (exact) mass is 453 g/mol. The Hall–Kier alpha value is -3.32. The molecular formula is C22H20BrN3O3. The third-order valence-corrected chi connectivity index (χ3v) is 4.62. The number of nitrogens with two attached hydrogens (primary N) is 1. The van der Waals surface area contributed by atoms with E-state index in [-0.39, 0.29) is 5.91 Å². The van der Waals surface area contributed by atoms with Gasteiger partial charge >= 0.3 is 0 Å². The Morgan fingerprint density at radius 2 is 1.86 bits per heavy atom. The van der Waals surface area contributed by atoms with Crippen molar-refractivity contribution in [1.82, 2.24) is 5.43 Å². The van der Waals surface area contributed by atoms with Gasteiger partial charge in [-0.15, -0.1) is 0 Å². The Kier molecular flexibility index (Phi) is 6.86. The first-order chi connectivity index (χ1) is 14.1. The van der Waals surface area contributed by atoms with Gasteiger partial charge in [0.15, 0.2) is 11.5 Å². The van der Waals surface area contributed by atoms with Crippen molar-refractivity contribution in [1.29, 1.82) is 0 Å². The van der Waals surface area contributed by atoms with Crippen LogP contribution in [0.5, 0.6) is 11.5 Å². The summed E-state index contributed by atoms with van der Waals surface area (Å²) < 4.78 is 12.1. The highest BCUT2D eigenvalue weighted by Gasteiger charge is 2.12. The van der Waals surface area contributed by atoms with E-state index in [4.69, 9.17) is 15.2 Å². The fourth-order valence-corrected chi connectivity index (χ4v) is 3.12. The van der Waals surface area contributed by atoms with E-state index >= 15 is 0 Å². The van der Waals surface area contributed by atoms with Gasteiger partial charge in [0.2, 0.25) is 0 Å². The zero-order valence-electron chi connectivity index (χ0n) is 15.8. The summed E-state index contributed by atoms with van der Waals surface area (Å²) >= 11 is 3.51. The van der Waals surface area contributed by atoms with Crippen molar-refractivity contribution in [2.75, 3.05) is 12.8 Å². The molecule has 0 aliphatic heterocycles. The molecule has 0 aliphatic carbocycles. The first-order valence-corrected chi connectivity index (χ1v) is 9.59. The van der Waals surface area contributed by atoms with Crippen LogP contribution >= 0.6 is 15.9 Å². The van der Waals surface area contributed by atoms with Crippen LogP contribution in [0.25, 0.3) is 0 Å². The standard InChI is InChI=1S/C22H20BrN3O3/c1-28-20-12-16(13-25-26-22(27)17-7-9-18(24)10-8-17)11-19(23)21(20)29-14-15-5-3-2-4-6-15/h2-13H,14,24H2,1H3,(H,26,27)/b25-13-. The largest absolute Gasteiger partial charge is 0.493 e. The van der Waals surface area contributed by atoms with Gasteiger partial charge in [-0.2, -0.15) is 5.10 Å². The second-order valence-corrected chi connectivity index (χ2v) is 6.98. The number of carbonyl (C=O) groups is 1. The number of ether oxygens (including phenoxy) is 2. The summed E-state index contributed by atoms with van der Waals surface area (Å²) in [4.78, 5) is 12.1. The lowest BCUT2D eigenvalue weighted by molar-refractivity contribution is 0.0955. The summed E-state index contributed by atoms with van der Waals surface area (Å²) in [6.07, 6.45) is 1.53. The average Bonchev–Trinajstić information content (AvgIpc) is 2.73. The second kappa shape index (κ2) is 9.75. The van der Waals surface area contributed by atoms with Crippen LogP contribution in [0.3, 0.4) is 0 Å². The molecule has 0 radical (unpaired) electrons. The Morgan fingerprint density at radius 3 is 2.55 bits per heavy atom. The Bertz CT molecular complexity index is 1010. The number of halogens is 1.